The maximum Gasteiger partial charge on any atom is 0.161 e. The minimum absolute atomic E-state index is 0.574. The molecule has 0 N–H and O–H groups in total. The molecule has 20 heavy (non-hydrogen) atoms. The molecule has 0 bridgehead atoms. The van der Waals surface area contributed by atoms with Crippen LogP contribution in [0.1, 0.15) is 31.4 Å². The molecular weight excluding hydrogens is 403 g/mol. The molecule has 1 saturated carbocycles. The lowest BCUT2D eigenvalue weighted by atomic mass is 10.2. The molecule has 1 heterocycles. The first-order valence-electron chi connectivity index (χ1n) is 6.65. The number of thioether (sulfide) groups is 1. The lowest BCUT2D eigenvalue weighted by molar-refractivity contribution is 0.978. The molecule has 1 aliphatic carbocycles. The van der Waals surface area contributed by atoms with Crippen molar-refractivity contribution in [1.82, 2.24) is 9.97 Å². The second kappa shape index (κ2) is 6.20. The Balaban J connectivity index is 1.96. The Bertz CT molecular complexity index is 627. The summed E-state index contributed by atoms with van der Waals surface area (Å²) in [7, 11) is 0. The van der Waals surface area contributed by atoms with E-state index in [1.54, 1.807) is 0 Å². The third kappa shape index (κ3) is 3.12. The number of aromatic nitrogens is 2. The van der Waals surface area contributed by atoms with Gasteiger partial charge in [0.2, 0.25) is 0 Å². The SMILES string of the molecule is CCSc1ccc(-c2nc(Cl)c(I)c(C3CC3)n2)cc1. The molecule has 2 nitrogen and oxygen atoms in total. The van der Waals surface area contributed by atoms with Gasteiger partial charge < -0.3 is 0 Å². The van der Waals surface area contributed by atoms with Crippen molar-refractivity contribution < 1.29 is 0 Å². The van der Waals surface area contributed by atoms with Crippen LogP contribution in [-0.4, -0.2) is 15.7 Å². The summed E-state index contributed by atoms with van der Waals surface area (Å²) in [5.74, 6) is 2.40. The molecule has 1 fully saturated rings. The van der Waals surface area contributed by atoms with E-state index in [-0.39, 0.29) is 0 Å². The zero-order valence-electron chi connectivity index (χ0n) is 11.1. The fraction of sp³-hybridized carbons (Fsp3) is 0.333. The molecule has 0 unspecified atom stereocenters. The molecule has 1 aromatic heterocycles. The Kier molecular flexibility index (Phi) is 4.52. The van der Waals surface area contributed by atoms with E-state index >= 15 is 0 Å². The number of halogens is 2. The van der Waals surface area contributed by atoms with Crippen molar-refractivity contribution in [2.75, 3.05) is 5.75 Å². The van der Waals surface area contributed by atoms with Gasteiger partial charge in [-0.25, -0.2) is 9.97 Å². The number of rotatable bonds is 4. The van der Waals surface area contributed by atoms with Gasteiger partial charge >= 0.3 is 0 Å². The highest BCUT2D eigenvalue weighted by molar-refractivity contribution is 14.1. The summed E-state index contributed by atoms with van der Waals surface area (Å²) in [4.78, 5) is 10.4. The molecule has 3 rings (SSSR count). The Morgan fingerprint density at radius 1 is 1.25 bits per heavy atom. The Labute approximate surface area is 141 Å². The van der Waals surface area contributed by atoms with Crippen LogP contribution in [0.3, 0.4) is 0 Å². The highest BCUT2D eigenvalue weighted by Crippen LogP contribution is 2.42. The largest absolute Gasteiger partial charge is 0.232 e. The van der Waals surface area contributed by atoms with Crippen molar-refractivity contribution in [3.63, 3.8) is 0 Å². The van der Waals surface area contributed by atoms with Crippen molar-refractivity contribution in [3.05, 3.63) is 38.7 Å². The number of hydrogen-bond donors (Lipinski definition) is 0. The monoisotopic (exact) mass is 416 g/mol. The number of benzene rings is 1. The summed E-state index contributed by atoms with van der Waals surface area (Å²) in [6.45, 7) is 2.16. The van der Waals surface area contributed by atoms with Gasteiger partial charge in [-0.1, -0.05) is 30.7 Å². The predicted octanol–water partition coefficient (Wildman–Crippen LogP) is 5.39. The van der Waals surface area contributed by atoms with Crippen molar-refractivity contribution in [2.45, 2.75) is 30.6 Å². The lowest BCUT2D eigenvalue weighted by Gasteiger charge is -2.08. The molecule has 1 aromatic carbocycles. The van der Waals surface area contributed by atoms with E-state index in [1.165, 1.54) is 17.7 Å². The second-order valence-electron chi connectivity index (χ2n) is 4.77. The predicted molar refractivity (Wildman–Crippen MR) is 93.6 cm³/mol. The highest BCUT2D eigenvalue weighted by Gasteiger charge is 2.29. The van der Waals surface area contributed by atoms with Crippen molar-refractivity contribution in [1.29, 1.82) is 0 Å². The average molecular weight is 417 g/mol. The van der Waals surface area contributed by atoms with Crippen LogP contribution in [-0.2, 0) is 0 Å². The van der Waals surface area contributed by atoms with Gasteiger partial charge in [0, 0.05) is 16.4 Å². The highest BCUT2D eigenvalue weighted by atomic mass is 127. The molecule has 0 saturated heterocycles. The van der Waals surface area contributed by atoms with Gasteiger partial charge in [-0.3, -0.25) is 0 Å². The van der Waals surface area contributed by atoms with Crippen LogP contribution in [0.15, 0.2) is 29.2 Å². The molecule has 0 amide bonds. The fourth-order valence-electron chi connectivity index (χ4n) is 2.06. The van der Waals surface area contributed by atoms with E-state index < -0.39 is 0 Å². The summed E-state index contributed by atoms with van der Waals surface area (Å²) < 4.78 is 1.01. The van der Waals surface area contributed by atoms with Crippen molar-refractivity contribution >= 4 is 46.0 Å². The molecule has 1 aliphatic rings. The average Bonchev–Trinajstić information content (AvgIpc) is 3.27. The quantitative estimate of drug-likeness (QED) is 0.379. The van der Waals surface area contributed by atoms with Crippen LogP contribution in [0.5, 0.6) is 0 Å². The third-order valence-corrected chi connectivity index (χ3v) is 5.77. The van der Waals surface area contributed by atoms with Gasteiger partial charge in [0.05, 0.1) is 9.26 Å². The Morgan fingerprint density at radius 3 is 2.55 bits per heavy atom. The molecule has 104 valence electrons. The fourth-order valence-corrected chi connectivity index (χ4v) is 3.58. The van der Waals surface area contributed by atoms with Crippen LogP contribution >= 0.6 is 46.0 Å². The summed E-state index contributed by atoms with van der Waals surface area (Å²) in [6.07, 6.45) is 2.43. The maximum atomic E-state index is 6.26. The Morgan fingerprint density at radius 2 is 1.95 bits per heavy atom. The van der Waals surface area contributed by atoms with Gasteiger partial charge in [0.1, 0.15) is 5.15 Å². The smallest absolute Gasteiger partial charge is 0.161 e. The van der Waals surface area contributed by atoms with Crippen molar-refractivity contribution in [3.8, 4) is 11.4 Å². The van der Waals surface area contributed by atoms with Gasteiger partial charge in [-0.15, -0.1) is 11.8 Å². The van der Waals surface area contributed by atoms with Crippen LogP contribution in [0.4, 0.5) is 0 Å². The van der Waals surface area contributed by atoms with E-state index in [0.717, 1.165) is 26.4 Å². The van der Waals surface area contributed by atoms with E-state index in [1.807, 2.05) is 11.8 Å². The number of hydrogen-bond acceptors (Lipinski definition) is 3. The molecule has 2 aromatic rings. The zero-order valence-corrected chi connectivity index (χ0v) is 14.8. The minimum atomic E-state index is 0.574. The molecule has 0 radical (unpaired) electrons. The lowest BCUT2D eigenvalue weighted by Crippen LogP contribution is -1.99. The zero-order chi connectivity index (χ0) is 14.1. The summed E-state index contributed by atoms with van der Waals surface area (Å²) in [6, 6.07) is 8.39. The van der Waals surface area contributed by atoms with E-state index in [0.29, 0.717) is 11.1 Å². The number of nitrogens with zero attached hydrogens (tertiary/aromatic N) is 2. The molecular formula is C15H14ClIN2S. The van der Waals surface area contributed by atoms with E-state index in [9.17, 15) is 0 Å². The normalized spacial score (nSPS) is 14.6. The summed E-state index contributed by atoms with van der Waals surface area (Å²) in [5, 5.41) is 0.574. The van der Waals surface area contributed by atoms with E-state index in [4.69, 9.17) is 16.6 Å². The van der Waals surface area contributed by atoms with Crippen LogP contribution in [0, 0.1) is 3.57 Å². The third-order valence-electron chi connectivity index (χ3n) is 3.22. The standard InChI is InChI=1S/C15H14ClIN2S/c1-2-20-11-7-5-10(6-8-11)15-18-13(9-3-4-9)12(17)14(16)19-15/h5-9H,2-4H2,1H3. The van der Waals surface area contributed by atoms with Gasteiger partial charge in [0.15, 0.2) is 5.82 Å². The van der Waals surface area contributed by atoms with Crippen LogP contribution in [0.2, 0.25) is 5.15 Å². The molecule has 0 atom stereocenters. The molecule has 5 heteroatoms. The first kappa shape index (κ1) is 14.6. The van der Waals surface area contributed by atoms with Crippen LogP contribution < -0.4 is 0 Å². The van der Waals surface area contributed by atoms with Gasteiger partial charge in [-0.05, 0) is 53.3 Å². The summed E-state index contributed by atoms with van der Waals surface area (Å²) >= 11 is 10.3. The first-order chi connectivity index (χ1) is 9.69. The van der Waals surface area contributed by atoms with Gasteiger partial charge in [-0.2, -0.15) is 0 Å². The van der Waals surface area contributed by atoms with E-state index in [2.05, 4.69) is 58.8 Å². The van der Waals surface area contributed by atoms with Gasteiger partial charge in [0.25, 0.3) is 0 Å². The molecule has 0 spiro atoms. The second-order valence-corrected chi connectivity index (χ2v) is 7.54. The van der Waals surface area contributed by atoms with Crippen molar-refractivity contribution in [2.24, 2.45) is 0 Å². The molecule has 0 aliphatic heterocycles. The summed E-state index contributed by atoms with van der Waals surface area (Å²) in [5.41, 5.74) is 2.15. The first-order valence-corrected chi connectivity index (χ1v) is 9.09. The van der Waals surface area contributed by atoms with Crippen LogP contribution in [0.25, 0.3) is 11.4 Å². The minimum Gasteiger partial charge on any atom is -0.232 e. The Hall–Kier alpha value is -0.330. The maximum absolute atomic E-state index is 6.26. The topological polar surface area (TPSA) is 25.8 Å².